The average molecular weight is 431 g/mol. The summed E-state index contributed by atoms with van der Waals surface area (Å²) in [6.45, 7) is -0.180. The number of hydrogen-bond donors (Lipinski definition) is 1. The second kappa shape index (κ2) is 8.05. The number of hydrogen-bond acceptors (Lipinski definition) is 6. The van der Waals surface area contributed by atoms with Crippen molar-refractivity contribution in [2.45, 2.75) is 11.4 Å². The molecule has 0 aliphatic carbocycles. The molecule has 148 valence electrons. The smallest absolute Gasteiger partial charge is 0.357 e. The van der Waals surface area contributed by atoms with Gasteiger partial charge in [0, 0.05) is 16.1 Å². The maximum Gasteiger partial charge on any atom is 0.357 e. The fourth-order valence-corrected chi connectivity index (χ4v) is 3.48. The highest BCUT2D eigenvalue weighted by Gasteiger charge is 2.26. The Morgan fingerprint density at radius 1 is 1.17 bits per heavy atom. The number of carbonyl (C=O) groups excluding carboxylic acids is 1. The van der Waals surface area contributed by atoms with Gasteiger partial charge in [0.15, 0.2) is 5.69 Å². The molecule has 0 atom stereocenters. The predicted molar refractivity (Wildman–Crippen MR) is 106 cm³/mol. The zero-order chi connectivity index (χ0) is 21.2. The molecule has 2 aromatic carbocycles. The van der Waals surface area contributed by atoms with Crippen LogP contribution in [0.15, 0.2) is 53.4 Å². The molecule has 0 bridgehead atoms. The van der Waals surface area contributed by atoms with Crippen molar-refractivity contribution in [1.82, 2.24) is 9.78 Å². The van der Waals surface area contributed by atoms with Crippen LogP contribution in [0.5, 0.6) is 0 Å². The van der Waals surface area contributed by atoms with Crippen molar-refractivity contribution in [1.29, 1.82) is 5.26 Å². The zero-order valence-corrected chi connectivity index (χ0v) is 16.7. The maximum atomic E-state index is 12.5. The largest absolute Gasteiger partial charge is 0.464 e. The number of nitrogens with zero attached hydrogens (tertiary/aromatic N) is 3. The number of benzene rings is 2. The molecule has 3 rings (SSSR count). The Morgan fingerprint density at radius 2 is 1.76 bits per heavy atom. The number of sulfonamides is 1. The molecule has 0 saturated heterocycles. The molecule has 2 N–H and O–H groups in total. The maximum absolute atomic E-state index is 12.5. The zero-order valence-electron chi connectivity index (χ0n) is 15.2. The Kier molecular flexibility index (Phi) is 5.70. The van der Waals surface area contributed by atoms with Gasteiger partial charge in [0.25, 0.3) is 0 Å². The Morgan fingerprint density at radius 3 is 2.28 bits per heavy atom. The van der Waals surface area contributed by atoms with Crippen molar-refractivity contribution >= 4 is 27.6 Å². The molecule has 10 heteroatoms. The minimum Gasteiger partial charge on any atom is -0.464 e. The van der Waals surface area contributed by atoms with Crippen LogP contribution in [-0.2, 0) is 21.3 Å². The number of esters is 1. The fraction of sp³-hybridized carbons (Fsp3) is 0.105. The highest BCUT2D eigenvalue weighted by molar-refractivity contribution is 7.89. The predicted octanol–water partition coefficient (Wildman–Crippen LogP) is 2.83. The van der Waals surface area contributed by atoms with Gasteiger partial charge in [-0.25, -0.2) is 23.0 Å². The number of primary sulfonamides is 1. The SMILES string of the molecule is COC(=O)c1c(-c2ccc(Cl)cc2)c(-c2ccc(S(N)(=O)=O)cc2)nn1CC#N. The van der Waals surface area contributed by atoms with E-state index < -0.39 is 16.0 Å². The molecule has 3 aromatic rings. The number of carbonyl (C=O) groups is 1. The Bertz CT molecular complexity index is 1210. The first kappa shape index (κ1) is 20.5. The van der Waals surface area contributed by atoms with Crippen LogP contribution in [-0.4, -0.2) is 31.3 Å². The van der Waals surface area contributed by atoms with Crippen molar-refractivity contribution in [3.63, 3.8) is 0 Å². The average Bonchev–Trinajstić information content (AvgIpc) is 3.07. The monoisotopic (exact) mass is 430 g/mol. The number of methoxy groups -OCH3 is 1. The van der Waals surface area contributed by atoms with Gasteiger partial charge in [-0.2, -0.15) is 10.4 Å². The molecule has 0 spiro atoms. The molecular formula is C19H15ClN4O4S. The van der Waals surface area contributed by atoms with E-state index in [1.54, 1.807) is 24.3 Å². The van der Waals surface area contributed by atoms with Gasteiger partial charge in [-0.3, -0.25) is 0 Å². The van der Waals surface area contributed by atoms with E-state index in [0.717, 1.165) is 0 Å². The number of nitriles is 1. The first-order valence-corrected chi connectivity index (χ1v) is 10.1. The van der Waals surface area contributed by atoms with Crippen LogP contribution in [0.4, 0.5) is 0 Å². The lowest BCUT2D eigenvalue weighted by atomic mass is 9.99. The van der Waals surface area contributed by atoms with E-state index in [-0.39, 0.29) is 17.1 Å². The third kappa shape index (κ3) is 4.14. The normalized spacial score (nSPS) is 11.1. The summed E-state index contributed by atoms with van der Waals surface area (Å²) >= 11 is 5.98. The van der Waals surface area contributed by atoms with Crippen molar-refractivity contribution in [3.05, 3.63) is 59.2 Å². The van der Waals surface area contributed by atoms with Gasteiger partial charge in [-0.05, 0) is 29.8 Å². The summed E-state index contributed by atoms with van der Waals surface area (Å²) < 4.78 is 29.2. The minimum absolute atomic E-state index is 0.0565. The molecule has 0 aliphatic rings. The van der Waals surface area contributed by atoms with E-state index in [9.17, 15) is 13.2 Å². The molecule has 8 nitrogen and oxygen atoms in total. The Balaban J connectivity index is 2.29. The molecule has 0 saturated carbocycles. The van der Waals surface area contributed by atoms with Crippen molar-refractivity contribution in [2.24, 2.45) is 5.14 Å². The fourth-order valence-electron chi connectivity index (χ4n) is 2.84. The van der Waals surface area contributed by atoms with E-state index in [1.807, 2.05) is 6.07 Å². The number of aromatic nitrogens is 2. The van der Waals surface area contributed by atoms with Crippen molar-refractivity contribution in [3.8, 4) is 28.5 Å². The first-order chi connectivity index (χ1) is 13.8. The molecule has 0 radical (unpaired) electrons. The molecule has 0 amide bonds. The van der Waals surface area contributed by atoms with E-state index in [0.29, 0.717) is 27.4 Å². The molecule has 0 fully saturated rings. The molecule has 29 heavy (non-hydrogen) atoms. The highest BCUT2D eigenvalue weighted by atomic mass is 35.5. The van der Waals surface area contributed by atoms with Gasteiger partial charge in [0.05, 0.1) is 18.1 Å². The second-order valence-corrected chi connectivity index (χ2v) is 7.95. The van der Waals surface area contributed by atoms with Crippen molar-refractivity contribution < 1.29 is 17.9 Å². The lowest BCUT2D eigenvalue weighted by molar-refractivity contribution is 0.0588. The van der Waals surface area contributed by atoms with Crippen LogP contribution < -0.4 is 5.14 Å². The molecule has 0 aliphatic heterocycles. The summed E-state index contributed by atoms with van der Waals surface area (Å²) in [6.07, 6.45) is 0. The second-order valence-electron chi connectivity index (χ2n) is 5.96. The first-order valence-electron chi connectivity index (χ1n) is 8.21. The van der Waals surface area contributed by atoms with E-state index >= 15 is 0 Å². The number of ether oxygens (including phenoxy) is 1. The Hall–Kier alpha value is -3.19. The van der Waals surface area contributed by atoms with Gasteiger partial charge >= 0.3 is 5.97 Å². The van der Waals surface area contributed by atoms with Gasteiger partial charge < -0.3 is 4.74 Å². The van der Waals surface area contributed by atoms with Gasteiger partial charge in [-0.15, -0.1) is 0 Å². The van der Waals surface area contributed by atoms with Gasteiger partial charge in [0.2, 0.25) is 10.0 Å². The van der Waals surface area contributed by atoms with Crippen LogP contribution >= 0.6 is 11.6 Å². The summed E-state index contributed by atoms with van der Waals surface area (Å²) in [5, 5.41) is 19.2. The van der Waals surface area contributed by atoms with E-state index in [4.69, 9.17) is 26.7 Å². The molecular weight excluding hydrogens is 416 g/mol. The highest BCUT2D eigenvalue weighted by Crippen LogP contribution is 2.36. The number of nitrogens with two attached hydrogens (primary N) is 1. The summed E-state index contributed by atoms with van der Waals surface area (Å²) in [5.74, 6) is -0.662. The van der Waals surface area contributed by atoms with Crippen LogP contribution in [0.3, 0.4) is 0 Å². The lowest BCUT2D eigenvalue weighted by Crippen LogP contribution is -2.12. The summed E-state index contributed by atoms with van der Waals surface area (Å²) in [7, 11) is -2.62. The standard InChI is InChI=1S/C19H15ClN4O4S/c1-28-19(25)18-16(12-2-6-14(20)7-3-12)17(23-24(18)11-10-21)13-4-8-15(9-5-13)29(22,26)27/h2-9H,11H2,1H3,(H2,22,26,27). The van der Waals surface area contributed by atoms with Crippen LogP contribution in [0.1, 0.15) is 10.5 Å². The summed E-state index contributed by atoms with van der Waals surface area (Å²) in [4.78, 5) is 12.4. The van der Waals surface area contributed by atoms with Crippen molar-refractivity contribution in [2.75, 3.05) is 7.11 Å². The number of halogens is 1. The van der Waals surface area contributed by atoms with E-state index in [2.05, 4.69) is 5.10 Å². The third-order valence-corrected chi connectivity index (χ3v) is 5.32. The van der Waals surface area contributed by atoms with Gasteiger partial charge in [0.1, 0.15) is 12.2 Å². The lowest BCUT2D eigenvalue weighted by Gasteiger charge is -2.07. The van der Waals surface area contributed by atoms with Gasteiger partial charge in [-0.1, -0.05) is 35.9 Å². The Labute approximate surface area is 172 Å². The molecule has 1 heterocycles. The topological polar surface area (TPSA) is 128 Å². The summed E-state index contributed by atoms with van der Waals surface area (Å²) in [6, 6.07) is 14.5. The van der Waals surface area contributed by atoms with Crippen LogP contribution in [0.25, 0.3) is 22.4 Å². The molecule has 0 unspecified atom stereocenters. The van der Waals surface area contributed by atoms with Crippen LogP contribution in [0.2, 0.25) is 5.02 Å². The summed E-state index contributed by atoms with van der Waals surface area (Å²) in [5.41, 5.74) is 2.08. The third-order valence-electron chi connectivity index (χ3n) is 4.14. The quantitative estimate of drug-likeness (QED) is 0.620. The number of rotatable bonds is 5. The van der Waals surface area contributed by atoms with E-state index in [1.165, 1.54) is 36.1 Å². The molecule has 1 aromatic heterocycles. The minimum atomic E-state index is -3.86. The van der Waals surface area contributed by atoms with Crippen LogP contribution in [0, 0.1) is 11.3 Å².